The SMILES string of the molecule is Cc1ccccc1OCc1nnc2sc(Nc3ccccc3)nn12. The predicted molar refractivity (Wildman–Crippen MR) is 93.9 cm³/mol. The van der Waals surface area contributed by atoms with Crippen LogP contribution in [0.4, 0.5) is 10.8 Å². The minimum Gasteiger partial charge on any atom is -0.485 e. The van der Waals surface area contributed by atoms with Crippen LogP contribution in [-0.2, 0) is 6.61 Å². The standard InChI is InChI=1S/C17H15N5OS/c1-12-7-5-6-10-14(12)23-11-15-19-20-17-22(15)21-16(24-17)18-13-8-3-2-4-9-13/h2-10H,11H2,1H3,(H,18,21). The van der Waals surface area contributed by atoms with E-state index in [2.05, 4.69) is 20.6 Å². The normalized spacial score (nSPS) is 10.9. The summed E-state index contributed by atoms with van der Waals surface area (Å²) in [5.41, 5.74) is 2.07. The molecule has 120 valence electrons. The highest BCUT2D eigenvalue weighted by Gasteiger charge is 2.12. The number of nitrogens with zero attached hydrogens (tertiary/aromatic N) is 4. The van der Waals surface area contributed by atoms with Crippen LogP contribution in [0, 0.1) is 6.92 Å². The number of nitrogens with one attached hydrogen (secondary N) is 1. The second-order valence-electron chi connectivity index (χ2n) is 5.26. The van der Waals surface area contributed by atoms with Gasteiger partial charge in [0.15, 0.2) is 5.82 Å². The molecule has 6 nitrogen and oxygen atoms in total. The van der Waals surface area contributed by atoms with Gasteiger partial charge < -0.3 is 10.1 Å². The van der Waals surface area contributed by atoms with E-state index in [0.717, 1.165) is 27.1 Å². The van der Waals surface area contributed by atoms with Crippen molar-refractivity contribution in [1.82, 2.24) is 19.8 Å². The first-order valence-electron chi connectivity index (χ1n) is 7.51. The summed E-state index contributed by atoms with van der Waals surface area (Å²) in [6.45, 7) is 2.33. The van der Waals surface area contributed by atoms with Gasteiger partial charge in [0.2, 0.25) is 10.1 Å². The lowest BCUT2D eigenvalue weighted by Crippen LogP contribution is -2.03. The maximum atomic E-state index is 5.84. The van der Waals surface area contributed by atoms with Crippen molar-refractivity contribution in [3.05, 3.63) is 66.0 Å². The topological polar surface area (TPSA) is 64.3 Å². The fourth-order valence-electron chi connectivity index (χ4n) is 2.30. The summed E-state index contributed by atoms with van der Waals surface area (Å²) in [6, 6.07) is 17.8. The molecular formula is C17H15N5OS. The number of anilines is 2. The third-order valence-electron chi connectivity index (χ3n) is 3.53. The second-order valence-corrected chi connectivity index (χ2v) is 6.22. The zero-order valence-corrected chi connectivity index (χ0v) is 13.8. The summed E-state index contributed by atoms with van der Waals surface area (Å²) < 4.78 is 7.55. The van der Waals surface area contributed by atoms with Crippen molar-refractivity contribution in [3.8, 4) is 5.75 Å². The molecule has 0 saturated carbocycles. The van der Waals surface area contributed by atoms with Gasteiger partial charge in [-0.1, -0.05) is 47.7 Å². The molecule has 2 aromatic carbocycles. The Morgan fingerprint density at radius 3 is 2.67 bits per heavy atom. The fraction of sp³-hybridized carbons (Fsp3) is 0.118. The zero-order chi connectivity index (χ0) is 16.4. The van der Waals surface area contributed by atoms with E-state index in [-0.39, 0.29) is 0 Å². The molecule has 0 aliphatic heterocycles. The molecule has 7 heteroatoms. The van der Waals surface area contributed by atoms with Crippen LogP contribution in [0.2, 0.25) is 0 Å². The lowest BCUT2D eigenvalue weighted by molar-refractivity contribution is 0.291. The van der Waals surface area contributed by atoms with Crippen LogP contribution < -0.4 is 10.1 Å². The average Bonchev–Trinajstić information content (AvgIpc) is 3.16. The van der Waals surface area contributed by atoms with E-state index in [1.54, 1.807) is 4.52 Å². The Kier molecular flexibility index (Phi) is 3.84. The van der Waals surface area contributed by atoms with Gasteiger partial charge in [-0.05, 0) is 30.7 Å². The van der Waals surface area contributed by atoms with Gasteiger partial charge in [0.05, 0.1) is 0 Å². The predicted octanol–water partition coefficient (Wildman–Crippen LogP) is 3.82. The van der Waals surface area contributed by atoms with Crippen LogP contribution in [0.15, 0.2) is 54.6 Å². The summed E-state index contributed by atoms with van der Waals surface area (Å²) >= 11 is 1.45. The van der Waals surface area contributed by atoms with Crippen molar-refractivity contribution in [2.75, 3.05) is 5.32 Å². The third kappa shape index (κ3) is 2.93. The number of hydrogen-bond acceptors (Lipinski definition) is 6. The first-order valence-corrected chi connectivity index (χ1v) is 8.33. The van der Waals surface area contributed by atoms with E-state index >= 15 is 0 Å². The molecule has 24 heavy (non-hydrogen) atoms. The van der Waals surface area contributed by atoms with E-state index in [4.69, 9.17) is 4.74 Å². The Balaban J connectivity index is 1.53. The molecule has 4 rings (SSSR count). The summed E-state index contributed by atoms with van der Waals surface area (Å²) in [4.78, 5) is 0.733. The molecule has 0 unspecified atom stereocenters. The zero-order valence-electron chi connectivity index (χ0n) is 13.0. The minimum atomic E-state index is 0.320. The van der Waals surface area contributed by atoms with Crippen LogP contribution in [0.5, 0.6) is 5.75 Å². The second kappa shape index (κ2) is 6.29. The van der Waals surface area contributed by atoms with Gasteiger partial charge in [-0.3, -0.25) is 0 Å². The molecule has 0 radical (unpaired) electrons. The number of aromatic nitrogens is 4. The Hall–Kier alpha value is -2.93. The van der Waals surface area contributed by atoms with Gasteiger partial charge in [0, 0.05) is 5.69 Å². The van der Waals surface area contributed by atoms with Crippen LogP contribution in [0.1, 0.15) is 11.4 Å². The minimum absolute atomic E-state index is 0.320. The Morgan fingerprint density at radius 2 is 1.83 bits per heavy atom. The van der Waals surface area contributed by atoms with Gasteiger partial charge in [0.25, 0.3) is 0 Å². The molecule has 2 aromatic heterocycles. The van der Waals surface area contributed by atoms with Crippen LogP contribution >= 0.6 is 11.3 Å². The summed E-state index contributed by atoms with van der Waals surface area (Å²) in [6.07, 6.45) is 0. The number of fused-ring (bicyclic) bond motifs is 1. The lowest BCUT2D eigenvalue weighted by atomic mass is 10.2. The summed E-state index contributed by atoms with van der Waals surface area (Å²) in [7, 11) is 0. The van der Waals surface area contributed by atoms with Gasteiger partial charge >= 0.3 is 0 Å². The Labute approximate surface area is 142 Å². The number of aryl methyl sites for hydroxylation is 1. The van der Waals surface area contributed by atoms with Crippen molar-refractivity contribution >= 4 is 27.1 Å². The highest BCUT2D eigenvalue weighted by molar-refractivity contribution is 7.20. The van der Waals surface area contributed by atoms with Crippen molar-refractivity contribution in [2.45, 2.75) is 13.5 Å². The molecule has 0 amide bonds. The van der Waals surface area contributed by atoms with E-state index in [1.165, 1.54) is 11.3 Å². The highest BCUT2D eigenvalue weighted by Crippen LogP contribution is 2.23. The molecule has 0 atom stereocenters. The first kappa shape index (κ1) is 14.6. The first-order chi connectivity index (χ1) is 11.8. The average molecular weight is 337 g/mol. The molecule has 0 spiro atoms. The van der Waals surface area contributed by atoms with E-state index in [1.807, 2.05) is 61.5 Å². The largest absolute Gasteiger partial charge is 0.485 e. The molecule has 4 aromatic rings. The highest BCUT2D eigenvalue weighted by atomic mass is 32.1. The number of benzene rings is 2. The van der Waals surface area contributed by atoms with E-state index in [9.17, 15) is 0 Å². The van der Waals surface area contributed by atoms with Crippen LogP contribution in [0.3, 0.4) is 0 Å². The molecule has 1 N–H and O–H groups in total. The Bertz CT molecular complexity index is 963. The number of rotatable bonds is 5. The van der Waals surface area contributed by atoms with Crippen LogP contribution in [0.25, 0.3) is 4.96 Å². The van der Waals surface area contributed by atoms with E-state index in [0.29, 0.717) is 12.4 Å². The molecule has 0 aliphatic rings. The maximum Gasteiger partial charge on any atom is 0.236 e. The quantitative estimate of drug-likeness (QED) is 0.600. The van der Waals surface area contributed by atoms with Crippen molar-refractivity contribution in [3.63, 3.8) is 0 Å². The lowest BCUT2D eigenvalue weighted by Gasteiger charge is -2.06. The summed E-state index contributed by atoms with van der Waals surface area (Å²) in [5, 5.41) is 16.9. The number of hydrogen-bond donors (Lipinski definition) is 1. The molecular weight excluding hydrogens is 322 g/mol. The monoisotopic (exact) mass is 337 g/mol. The van der Waals surface area contributed by atoms with Gasteiger partial charge in [-0.15, -0.1) is 15.3 Å². The number of ether oxygens (including phenoxy) is 1. The Morgan fingerprint density at radius 1 is 1.04 bits per heavy atom. The molecule has 2 heterocycles. The van der Waals surface area contributed by atoms with Crippen LogP contribution in [-0.4, -0.2) is 19.8 Å². The molecule has 0 fully saturated rings. The van der Waals surface area contributed by atoms with Crippen molar-refractivity contribution < 1.29 is 4.74 Å². The third-order valence-corrected chi connectivity index (χ3v) is 4.35. The molecule has 0 aliphatic carbocycles. The molecule has 0 bridgehead atoms. The smallest absolute Gasteiger partial charge is 0.236 e. The summed E-state index contributed by atoms with van der Waals surface area (Å²) in [5.74, 6) is 1.51. The van der Waals surface area contributed by atoms with Gasteiger partial charge in [-0.2, -0.15) is 4.52 Å². The van der Waals surface area contributed by atoms with Gasteiger partial charge in [0.1, 0.15) is 12.4 Å². The van der Waals surface area contributed by atoms with Crippen molar-refractivity contribution in [2.24, 2.45) is 0 Å². The van der Waals surface area contributed by atoms with Gasteiger partial charge in [-0.25, -0.2) is 0 Å². The van der Waals surface area contributed by atoms with E-state index < -0.39 is 0 Å². The van der Waals surface area contributed by atoms with Crippen molar-refractivity contribution in [1.29, 1.82) is 0 Å². The molecule has 0 saturated heterocycles. The maximum absolute atomic E-state index is 5.84. The number of para-hydroxylation sites is 2. The fourth-order valence-corrected chi connectivity index (χ4v) is 3.08.